The Labute approximate surface area is 171 Å². The van der Waals surface area contributed by atoms with E-state index >= 15 is 0 Å². The number of halogens is 1. The zero-order chi connectivity index (χ0) is 19.6. The third-order valence-electron chi connectivity index (χ3n) is 4.97. The lowest BCUT2D eigenvalue weighted by Gasteiger charge is -2.22. The van der Waals surface area contributed by atoms with Crippen LogP contribution in [0, 0.1) is 16.0 Å². The molecule has 1 heterocycles. The topological polar surface area (TPSA) is 64.6 Å². The van der Waals surface area contributed by atoms with Crippen molar-refractivity contribution in [1.29, 1.82) is 0 Å². The number of nitro benzene ring substituents is 1. The number of hydrogen-bond donors (Lipinski definition) is 0. The van der Waals surface area contributed by atoms with E-state index in [2.05, 4.69) is 18.4 Å². The zero-order valence-corrected chi connectivity index (χ0v) is 17.3. The Kier molecular flexibility index (Phi) is 7.02. The summed E-state index contributed by atoms with van der Waals surface area (Å²) in [6, 6.07) is 11.0. The summed E-state index contributed by atoms with van der Waals surface area (Å²) in [4.78, 5) is 11.1. The van der Waals surface area contributed by atoms with Crippen LogP contribution in [0.3, 0.4) is 0 Å². The highest BCUT2D eigenvalue weighted by Crippen LogP contribution is 2.34. The molecule has 0 aromatic heterocycles. The molecule has 6 nitrogen and oxygen atoms in total. The Morgan fingerprint density at radius 1 is 1.14 bits per heavy atom. The molecule has 0 aliphatic carbocycles. The first-order chi connectivity index (χ1) is 13.0. The predicted molar refractivity (Wildman–Crippen MR) is 104 cm³/mol. The van der Waals surface area contributed by atoms with Gasteiger partial charge in [0.15, 0.2) is 23.8 Å². The fourth-order valence-electron chi connectivity index (χ4n) is 3.78. The summed E-state index contributed by atoms with van der Waals surface area (Å²) in [7, 11) is 3.27. The average Bonchev–Trinajstić information content (AvgIpc) is 2.66. The van der Waals surface area contributed by atoms with Crippen molar-refractivity contribution < 1.29 is 31.4 Å². The quantitative estimate of drug-likeness (QED) is 0.406. The Morgan fingerprint density at radius 3 is 2.39 bits per heavy atom. The van der Waals surface area contributed by atoms with Gasteiger partial charge in [0.05, 0.1) is 24.7 Å². The van der Waals surface area contributed by atoms with Crippen molar-refractivity contribution in [3.8, 4) is 11.5 Å². The summed E-state index contributed by atoms with van der Waals surface area (Å²) in [6.45, 7) is 5.61. The Hall–Kier alpha value is -2.60. The van der Waals surface area contributed by atoms with Gasteiger partial charge in [-0.15, -0.1) is 0 Å². The number of ether oxygens (including phenoxy) is 2. The maximum atomic E-state index is 11.4. The van der Waals surface area contributed by atoms with E-state index in [-0.39, 0.29) is 28.9 Å². The van der Waals surface area contributed by atoms with Crippen LogP contribution in [-0.4, -0.2) is 36.0 Å². The van der Waals surface area contributed by atoms with Crippen molar-refractivity contribution in [2.45, 2.75) is 26.8 Å². The third-order valence-corrected chi connectivity index (χ3v) is 4.97. The second-order valence-corrected chi connectivity index (χ2v) is 6.96. The van der Waals surface area contributed by atoms with E-state index in [1.54, 1.807) is 26.4 Å². The Morgan fingerprint density at radius 2 is 1.79 bits per heavy atom. The molecule has 28 heavy (non-hydrogen) atoms. The third kappa shape index (κ3) is 4.12. The molecule has 0 saturated carbocycles. The van der Waals surface area contributed by atoms with Crippen molar-refractivity contribution in [3.05, 3.63) is 63.2 Å². The van der Waals surface area contributed by atoms with Crippen molar-refractivity contribution >= 4 is 11.4 Å². The molecule has 0 fully saturated rings. The summed E-state index contributed by atoms with van der Waals surface area (Å²) >= 11 is 0. The van der Waals surface area contributed by atoms with Crippen molar-refractivity contribution in [2.75, 3.05) is 20.8 Å². The van der Waals surface area contributed by atoms with Gasteiger partial charge in [-0.1, -0.05) is 26.0 Å². The lowest BCUT2D eigenvalue weighted by molar-refractivity contribution is -0.547. The van der Waals surface area contributed by atoms with Crippen LogP contribution < -0.4 is 21.9 Å². The van der Waals surface area contributed by atoms with Crippen molar-refractivity contribution in [1.82, 2.24) is 0 Å². The Bertz CT molecular complexity index is 909. The lowest BCUT2D eigenvalue weighted by atomic mass is 9.90. The molecule has 2 aromatic rings. The van der Waals surface area contributed by atoms with Crippen LogP contribution >= 0.6 is 0 Å². The van der Waals surface area contributed by atoms with Gasteiger partial charge in [0.25, 0.3) is 5.69 Å². The average molecular weight is 405 g/mol. The van der Waals surface area contributed by atoms with Gasteiger partial charge in [-0.2, -0.15) is 0 Å². The van der Waals surface area contributed by atoms with Gasteiger partial charge >= 0.3 is 0 Å². The molecule has 0 N–H and O–H groups in total. The summed E-state index contributed by atoms with van der Waals surface area (Å²) in [5.74, 6) is 1.69. The number of methoxy groups -OCH3 is 2. The molecule has 2 aromatic carbocycles. The van der Waals surface area contributed by atoms with Crippen LogP contribution in [0.15, 0.2) is 36.4 Å². The first-order valence-electron chi connectivity index (χ1n) is 9.05. The Balaban J connectivity index is 0.00000280. The molecule has 0 atom stereocenters. The highest BCUT2D eigenvalue weighted by molar-refractivity contribution is 6.00. The summed E-state index contributed by atoms with van der Waals surface area (Å²) in [5.41, 5.74) is 4.42. The lowest BCUT2D eigenvalue weighted by Crippen LogP contribution is -3.00. The van der Waals surface area contributed by atoms with E-state index in [4.69, 9.17) is 9.47 Å². The maximum absolute atomic E-state index is 11.4. The van der Waals surface area contributed by atoms with E-state index in [1.165, 1.54) is 11.3 Å². The van der Waals surface area contributed by atoms with Gasteiger partial charge in [0.1, 0.15) is 6.54 Å². The van der Waals surface area contributed by atoms with E-state index in [9.17, 15) is 10.1 Å². The summed E-state index contributed by atoms with van der Waals surface area (Å²) < 4.78 is 13.2. The van der Waals surface area contributed by atoms with Gasteiger partial charge in [-0.3, -0.25) is 10.1 Å². The second-order valence-electron chi connectivity index (χ2n) is 6.96. The van der Waals surface area contributed by atoms with E-state index in [0.717, 1.165) is 29.8 Å². The highest BCUT2D eigenvalue weighted by atomic mass is 35.5. The van der Waals surface area contributed by atoms with Gasteiger partial charge in [0, 0.05) is 24.0 Å². The molecule has 7 heteroatoms. The minimum absolute atomic E-state index is 0. The fourth-order valence-corrected chi connectivity index (χ4v) is 3.78. The molecule has 3 rings (SSSR count). The minimum atomic E-state index is -0.309. The van der Waals surface area contributed by atoms with Crippen molar-refractivity contribution in [2.24, 2.45) is 5.92 Å². The monoisotopic (exact) mass is 404 g/mol. The van der Waals surface area contributed by atoms with Crippen LogP contribution in [0.25, 0.3) is 0 Å². The number of nitro groups is 1. The molecule has 0 saturated heterocycles. The van der Waals surface area contributed by atoms with Gasteiger partial charge < -0.3 is 21.9 Å². The van der Waals surface area contributed by atoms with Gasteiger partial charge in [-0.05, 0) is 23.8 Å². The SMILES string of the molecule is COc1cc2c(cc1OC)C(C(C)C)=[N+](Cc1ccccc1[N+](=O)[O-])CC2.[Cl-]. The van der Waals surface area contributed by atoms with E-state index in [0.29, 0.717) is 12.3 Å². The van der Waals surface area contributed by atoms with E-state index < -0.39 is 0 Å². The molecule has 0 radical (unpaired) electrons. The van der Waals surface area contributed by atoms with Gasteiger partial charge in [-0.25, -0.2) is 4.58 Å². The maximum Gasteiger partial charge on any atom is 0.278 e. The molecule has 0 spiro atoms. The van der Waals surface area contributed by atoms with Crippen LogP contribution in [0.5, 0.6) is 11.5 Å². The number of hydrogen-bond acceptors (Lipinski definition) is 4. The molecule has 0 bridgehead atoms. The first kappa shape index (κ1) is 21.7. The first-order valence-corrected chi connectivity index (χ1v) is 9.05. The zero-order valence-electron chi connectivity index (χ0n) is 16.6. The molecule has 1 aliphatic rings. The summed E-state index contributed by atoms with van der Waals surface area (Å²) in [5, 5.41) is 11.4. The molecule has 0 unspecified atom stereocenters. The normalized spacial score (nSPS) is 13.0. The number of para-hydroxylation sites is 1. The van der Waals surface area contributed by atoms with Gasteiger partial charge in [0.2, 0.25) is 0 Å². The van der Waals surface area contributed by atoms with Crippen LogP contribution in [0.2, 0.25) is 0 Å². The largest absolute Gasteiger partial charge is 1.00 e. The predicted octanol–water partition coefficient (Wildman–Crippen LogP) is 0.830. The fraction of sp³-hybridized carbons (Fsp3) is 0.381. The van der Waals surface area contributed by atoms with Crippen molar-refractivity contribution in [3.63, 3.8) is 0 Å². The molecule has 0 amide bonds. The number of rotatable bonds is 6. The number of fused-ring (bicyclic) bond motifs is 1. The molecular formula is C21H25ClN2O4. The standard InChI is InChI=1S/C21H25N2O4.ClH/c1-14(2)21-17-12-20(27-4)19(26-3)11-15(17)9-10-22(21)13-16-7-5-6-8-18(16)23(24)25;/h5-8,11-12,14H,9-10,13H2,1-4H3;1H/q+1;/p-1. The molecule has 1 aliphatic heterocycles. The van der Waals surface area contributed by atoms with Crippen LogP contribution in [0.1, 0.15) is 30.5 Å². The molecular weight excluding hydrogens is 380 g/mol. The highest BCUT2D eigenvalue weighted by Gasteiger charge is 2.31. The van der Waals surface area contributed by atoms with Crippen LogP contribution in [0.4, 0.5) is 5.69 Å². The minimum Gasteiger partial charge on any atom is -1.00 e. The summed E-state index contributed by atoms with van der Waals surface area (Å²) in [6.07, 6.45) is 0.854. The number of benzene rings is 2. The van der Waals surface area contributed by atoms with Crippen LogP contribution in [-0.2, 0) is 13.0 Å². The second kappa shape index (κ2) is 9.06. The molecule has 150 valence electrons. The number of nitrogens with zero attached hydrogens (tertiary/aromatic N) is 2. The smallest absolute Gasteiger partial charge is 0.278 e. The van der Waals surface area contributed by atoms with E-state index in [1.807, 2.05) is 24.3 Å².